The number of sulfonamides is 1. The Morgan fingerprint density at radius 2 is 1.73 bits per heavy atom. The van der Waals surface area contributed by atoms with Gasteiger partial charge in [-0.3, -0.25) is 14.6 Å². The van der Waals surface area contributed by atoms with Gasteiger partial charge in [0, 0.05) is 23.2 Å². The number of amides is 1. The number of carboxylic acid groups (broad SMARTS) is 1. The summed E-state index contributed by atoms with van der Waals surface area (Å²) >= 11 is 0. The number of alkyl halides is 3. The van der Waals surface area contributed by atoms with Crippen LogP contribution in [0.4, 0.5) is 13.2 Å². The lowest BCUT2D eigenvalue weighted by Crippen LogP contribution is -2.68. The lowest BCUT2D eigenvalue weighted by Gasteiger charge is -2.39. The van der Waals surface area contributed by atoms with Crippen molar-refractivity contribution < 1.29 is 51.0 Å². The highest BCUT2D eigenvalue weighted by Crippen LogP contribution is 2.24. The molecule has 1 aliphatic heterocycles. The smallest absolute Gasteiger partial charge is 0.489 e. The van der Waals surface area contributed by atoms with Crippen LogP contribution in [-0.2, 0) is 31.1 Å². The number of rotatable bonds is 8. The van der Waals surface area contributed by atoms with Crippen LogP contribution in [0.25, 0.3) is 10.9 Å². The van der Waals surface area contributed by atoms with Crippen molar-refractivity contribution in [3.05, 3.63) is 65.9 Å². The number of carbonyl (C=O) groups excluding carboxylic acids is 1. The molecule has 0 bridgehead atoms. The van der Waals surface area contributed by atoms with Crippen molar-refractivity contribution in [2.24, 2.45) is 0 Å². The van der Waals surface area contributed by atoms with Crippen molar-refractivity contribution >= 4 is 32.8 Å². The Bertz CT molecular complexity index is 1610. The van der Waals surface area contributed by atoms with Gasteiger partial charge >= 0.3 is 12.1 Å². The van der Waals surface area contributed by atoms with E-state index in [1.165, 1.54) is 12.1 Å². The van der Waals surface area contributed by atoms with E-state index in [1.54, 1.807) is 32.9 Å². The minimum absolute atomic E-state index is 0.0118. The summed E-state index contributed by atoms with van der Waals surface area (Å²) < 4.78 is 66.5. The van der Waals surface area contributed by atoms with Crippen LogP contribution in [0.2, 0.25) is 0 Å². The van der Waals surface area contributed by atoms with Crippen LogP contribution in [0, 0.1) is 6.92 Å². The summed E-state index contributed by atoms with van der Waals surface area (Å²) in [6.45, 7) is 7.74. The number of hydrogen-bond donors (Lipinski definition) is 5. The standard InChI is InChI=1S/C27H34N4O6S.C2HF3O2/c1-18-15-19(22-7-5-6-8-23(22)29-18)16-36-20-9-11-21(12-10-20)38(34,35)31-24-13-14-28-17-27(24,33)25(32)30-37-26(2,3)4;3-2(4,5)1(6)7/h5-12,15,24,28,31,33H,13-14,16-17H2,1-4H3,(H,30,32);(H,6,7)/t24-,27-;/m1./s1. The topological polar surface area (TPSA) is 176 Å². The lowest BCUT2D eigenvalue weighted by atomic mass is 9.88. The molecule has 0 unspecified atom stereocenters. The van der Waals surface area contributed by atoms with Crippen LogP contribution in [0.3, 0.4) is 0 Å². The molecule has 0 radical (unpaired) electrons. The second-order valence-electron chi connectivity index (χ2n) is 11.2. The number of aryl methyl sites for hydroxylation is 1. The molecule has 45 heavy (non-hydrogen) atoms. The van der Waals surface area contributed by atoms with E-state index in [4.69, 9.17) is 19.5 Å². The molecule has 12 nitrogen and oxygen atoms in total. The van der Waals surface area contributed by atoms with Gasteiger partial charge in [0.25, 0.3) is 5.91 Å². The Kier molecular flexibility index (Phi) is 11.2. The van der Waals surface area contributed by atoms with Crippen molar-refractivity contribution in [1.29, 1.82) is 0 Å². The zero-order valence-corrected chi connectivity index (χ0v) is 25.8. The number of β-amino-alcohol motifs (C(OH)–C–C–N with tert-alkyl or cyclic N) is 1. The van der Waals surface area contributed by atoms with Gasteiger partial charge in [-0.1, -0.05) is 18.2 Å². The molecule has 0 aliphatic carbocycles. The average molecular weight is 657 g/mol. The number of nitrogens with one attached hydrogen (secondary N) is 3. The van der Waals surface area contributed by atoms with Gasteiger partial charge in [-0.15, -0.1) is 0 Å². The summed E-state index contributed by atoms with van der Waals surface area (Å²) in [5.41, 5.74) is 2.28. The minimum atomic E-state index is -5.08. The number of hydroxylamine groups is 1. The Morgan fingerprint density at radius 1 is 1.11 bits per heavy atom. The quantitative estimate of drug-likeness (QED) is 0.227. The van der Waals surface area contributed by atoms with E-state index in [2.05, 4.69) is 20.5 Å². The number of aliphatic carboxylic acids is 1. The Hall–Kier alpha value is -3.83. The van der Waals surface area contributed by atoms with Crippen LogP contribution in [-0.4, -0.2) is 72.0 Å². The molecule has 2 heterocycles. The van der Waals surface area contributed by atoms with Crippen LogP contribution < -0.4 is 20.3 Å². The number of aliphatic hydroxyl groups is 1. The molecule has 3 aromatic rings. The number of piperidine rings is 1. The largest absolute Gasteiger partial charge is 0.490 e. The van der Waals surface area contributed by atoms with Gasteiger partial charge in [-0.05, 0) is 77.1 Å². The molecule has 2 aromatic carbocycles. The maximum Gasteiger partial charge on any atom is 0.490 e. The first-order valence-corrected chi connectivity index (χ1v) is 15.1. The molecule has 1 saturated heterocycles. The molecular weight excluding hydrogens is 621 g/mol. The maximum atomic E-state index is 13.1. The molecule has 1 aromatic heterocycles. The van der Waals surface area contributed by atoms with Gasteiger partial charge in [-0.25, -0.2) is 23.4 Å². The molecule has 1 fully saturated rings. The van der Waals surface area contributed by atoms with Gasteiger partial charge in [0.1, 0.15) is 12.4 Å². The molecule has 4 rings (SSSR count). The number of halogens is 3. The maximum absolute atomic E-state index is 13.1. The van der Waals surface area contributed by atoms with E-state index >= 15 is 0 Å². The third kappa shape index (κ3) is 9.83. The van der Waals surface area contributed by atoms with E-state index in [-0.39, 0.29) is 17.9 Å². The number of ether oxygens (including phenoxy) is 1. The van der Waals surface area contributed by atoms with E-state index in [0.29, 0.717) is 18.9 Å². The van der Waals surface area contributed by atoms with Crippen LogP contribution in [0.1, 0.15) is 38.4 Å². The molecule has 5 N–H and O–H groups in total. The zero-order valence-electron chi connectivity index (χ0n) is 24.9. The number of benzene rings is 2. The highest BCUT2D eigenvalue weighted by molar-refractivity contribution is 7.89. The highest BCUT2D eigenvalue weighted by atomic mass is 32.2. The SMILES string of the molecule is Cc1cc(COc2ccc(S(=O)(=O)N[C@@H]3CCNC[C@]3(O)C(=O)NOC(C)(C)C)cc2)c2ccccc2n1.O=C(O)C(F)(F)F. The van der Waals surface area contributed by atoms with Crippen molar-refractivity contribution in [2.45, 2.75) is 69.0 Å². The predicted octanol–water partition coefficient (Wildman–Crippen LogP) is 2.97. The van der Waals surface area contributed by atoms with Crippen LogP contribution in [0.5, 0.6) is 5.75 Å². The van der Waals surface area contributed by atoms with E-state index in [0.717, 1.165) is 22.2 Å². The summed E-state index contributed by atoms with van der Waals surface area (Å²) in [6, 6.07) is 14.7. The number of para-hydroxylation sites is 1. The summed E-state index contributed by atoms with van der Waals surface area (Å²) in [6.07, 6.45) is -4.88. The molecule has 1 amide bonds. The number of hydrogen-bond acceptors (Lipinski definition) is 9. The molecule has 0 spiro atoms. The Labute approximate surface area is 257 Å². The van der Waals surface area contributed by atoms with E-state index < -0.39 is 45.3 Å². The normalized spacial score (nSPS) is 18.9. The first-order valence-electron chi connectivity index (χ1n) is 13.6. The first-order chi connectivity index (χ1) is 20.8. The molecule has 1 aliphatic rings. The van der Waals surface area contributed by atoms with Crippen molar-refractivity contribution in [3.8, 4) is 5.75 Å². The Balaban J connectivity index is 0.000000707. The molecule has 0 saturated carbocycles. The number of aromatic nitrogens is 1. The van der Waals surface area contributed by atoms with Gasteiger partial charge in [0.2, 0.25) is 10.0 Å². The molecule has 16 heteroatoms. The van der Waals surface area contributed by atoms with Gasteiger partial charge < -0.3 is 20.3 Å². The van der Waals surface area contributed by atoms with Crippen LogP contribution in [0.15, 0.2) is 59.5 Å². The lowest BCUT2D eigenvalue weighted by molar-refractivity contribution is -0.192. The predicted molar refractivity (Wildman–Crippen MR) is 156 cm³/mol. The molecular formula is C29H35F3N4O8S. The number of carboxylic acids is 1. The number of fused-ring (bicyclic) bond motifs is 1. The second kappa shape index (κ2) is 14.1. The summed E-state index contributed by atoms with van der Waals surface area (Å²) in [5.74, 6) is -3.08. The fraction of sp³-hybridized carbons (Fsp3) is 0.414. The van der Waals surface area contributed by atoms with Crippen molar-refractivity contribution in [3.63, 3.8) is 0 Å². The fourth-order valence-electron chi connectivity index (χ4n) is 4.22. The molecule has 2 atom stereocenters. The third-order valence-corrected chi connectivity index (χ3v) is 7.91. The van der Waals surface area contributed by atoms with Gasteiger partial charge in [0.15, 0.2) is 5.60 Å². The minimum Gasteiger partial charge on any atom is -0.489 e. The summed E-state index contributed by atoms with van der Waals surface area (Å²) in [7, 11) is -4.05. The first kappa shape index (κ1) is 35.6. The zero-order chi connectivity index (χ0) is 33.6. The number of pyridine rings is 1. The molecule has 246 valence electrons. The highest BCUT2D eigenvalue weighted by Gasteiger charge is 2.48. The summed E-state index contributed by atoms with van der Waals surface area (Å²) in [5, 5.41) is 22.2. The summed E-state index contributed by atoms with van der Waals surface area (Å²) in [4.78, 5) is 31.5. The number of carbonyl (C=O) groups is 2. The Morgan fingerprint density at radius 3 is 2.33 bits per heavy atom. The van der Waals surface area contributed by atoms with Gasteiger partial charge in [0.05, 0.1) is 22.1 Å². The average Bonchev–Trinajstić information content (AvgIpc) is 2.95. The van der Waals surface area contributed by atoms with Crippen LogP contribution >= 0.6 is 0 Å². The van der Waals surface area contributed by atoms with E-state index in [9.17, 15) is 31.5 Å². The second-order valence-corrected chi connectivity index (χ2v) is 12.9. The van der Waals surface area contributed by atoms with E-state index in [1.807, 2.05) is 37.3 Å². The van der Waals surface area contributed by atoms with Crippen molar-refractivity contribution in [1.82, 2.24) is 20.5 Å². The van der Waals surface area contributed by atoms with Gasteiger partial charge in [-0.2, -0.15) is 13.2 Å². The monoisotopic (exact) mass is 656 g/mol. The fourth-order valence-corrected chi connectivity index (χ4v) is 5.53. The number of nitrogens with zero attached hydrogens (tertiary/aromatic N) is 1. The van der Waals surface area contributed by atoms with Crippen molar-refractivity contribution in [2.75, 3.05) is 13.1 Å². The third-order valence-electron chi connectivity index (χ3n) is 6.42.